The topological polar surface area (TPSA) is 76.9 Å². The second-order valence-electron chi connectivity index (χ2n) is 7.30. The summed E-state index contributed by atoms with van der Waals surface area (Å²) in [6, 6.07) is 2.59. The Labute approximate surface area is 148 Å². The molecule has 130 valence electrons. The highest BCUT2D eigenvalue weighted by atomic mass is 14.9. The Bertz CT molecular complexity index is 854. The van der Waals surface area contributed by atoms with Crippen LogP contribution in [0.4, 0.5) is 5.69 Å². The van der Waals surface area contributed by atoms with Gasteiger partial charge < -0.3 is 10.3 Å². The third kappa shape index (κ3) is 2.99. The van der Waals surface area contributed by atoms with Crippen LogP contribution in [0.3, 0.4) is 0 Å². The van der Waals surface area contributed by atoms with Gasteiger partial charge in [0, 0.05) is 35.6 Å². The summed E-state index contributed by atoms with van der Waals surface area (Å²) in [7, 11) is 0. The van der Waals surface area contributed by atoms with Gasteiger partial charge >= 0.3 is 0 Å². The Balaban J connectivity index is 1.78. The lowest BCUT2D eigenvalue weighted by Gasteiger charge is -2.15. The fourth-order valence-corrected chi connectivity index (χ4v) is 3.75. The molecule has 2 aromatic heterocycles. The highest BCUT2D eigenvalue weighted by Gasteiger charge is 2.22. The molecule has 1 aliphatic heterocycles. The molecule has 0 bridgehead atoms. The minimum Gasteiger partial charge on any atom is -0.382 e. The number of H-pyrrole nitrogens is 1. The zero-order valence-corrected chi connectivity index (χ0v) is 14.8. The number of aromatic amines is 1. The normalized spacial score (nSPS) is 24.6. The molecule has 3 N–H and O–H groups in total. The van der Waals surface area contributed by atoms with Crippen LogP contribution in [0.2, 0.25) is 0 Å². The van der Waals surface area contributed by atoms with E-state index in [1.54, 1.807) is 0 Å². The number of fused-ring (bicyclic) bond motifs is 1. The molecule has 5 nitrogen and oxygen atoms in total. The third-order valence-corrected chi connectivity index (χ3v) is 5.58. The van der Waals surface area contributed by atoms with Crippen molar-refractivity contribution in [2.75, 3.05) is 5.32 Å². The molecule has 0 amide bonds. The van der Waals surface area contributed by atoms with Gasteiger partial charge in [0.15, 0.2) is 0 Å². The van der Waals surface area contributed by atoms with Crippen LogP contribution < -0.4 is 5.32 Å². The molecule has 0 aromatic carbocycles. The number of aromatic nitrogens is 2. The smallest absolute Gasteiger partial charge is 0.140 e. The lowest BCUT2D eigenvalue weighted by atomic mass is 9.95. The highest BCUT2D eigenvalue weighted by Crippen LogP contribution is 2.30. The van der Waals surface area contributed by atoms with Crippen molar-refractivity contribution in [1.29, 1.82) is 5.41 Å². The van der Waals surface area contributed by atoms with Crippen LogP contribution in [0, 0.1) is 17.2 Å². The van der Waals surface area contributed by atoms with Gasteiger partial charge in [-0.25, -0.2) is 9.98 Å². The van der Waals surface area contributed by atoms with Gasteiger partial charge in [0.2, 0.25) is 0 Å². The van der Waals surface area contributed by atoms with Crippen molar-refractivity contribution in [3.8, 4) is 0 Å². The van der Waals surface area contributed by atoms with E-state index in [-0.39, 0.29) is 5.92 Å². The number of nitrogens with zero attached hydrogens (tertiary/aromatic N) is 2. The number of hydrogen-bond donors (Lipinski definition) is 3. The summed E-state index contributed by atoms with van der Waals surface area (Å²) in [5, 5.41) is 13.0. The molecule has 2 aliphatic rings. The van der Waals surface area contributed by atoms with E-state index in [9.17, 15) is 0 Å². The molecule has 1 aliphatic carbocycles. The minimum absolute atomic E-state index is 0.133. The lowest BCUT2D eigenvalue weighted by Crippen LogP contribution is -2.15. The summed E-state index contributed by atoms with van der Waals surface area (Å²) in [4.78, 5) is 12.4. The van der Waals surface area contributed by atoms with Crippen molar-refractivity contribution < 1.29 is 0 Å². The van der Waals surface area contributed by atoms with Crippen molar-refractivity contribution in [2.24, 2.45) is 16.8 Å². The van der Waals surface area contributed by atoms with Crippen molar-refractivity contribution in [3.05, 3.63) is 36.2 Å². The van der Waals surface area contributed by atoms with Gasteiger partial charge in [-0.05, 0) is 30.9 Å². The Morgan fingerprint density at radius 1 is 1.24 bits per heavy atom. The molecule has 3 heterocycles. The lowest BCUT2D eigenvalue weighted by molar-refractivity contribution is 0.586. The number of rotatable bonds is 3. The first-order chi connectivity index (χ1) is 12.1. The SMILES string of the molecule is CC1C=CC(c2c[nH]c3nccc(NC4CCCC4)c23)=NC(=N)C1C. The maximum absolute atomic E-state index is 8.27. The van der Waals surface area contributed by atoms with Crippen LogP contribution in [0.5, 0.6) is 0 Å². The number of nitrogens with one attached hydrogen (secondary N) is 3. The van der Waals surface area contributed by atoms with Crippen molar-refractivity contribution in [3.63, 3.8) is 0 Å². The van der Waals surface area contributed by atoms with E-state index >= 15 is 0 Å². The molecule has 2 aromatic rings. The average molecular weight is 335 g/mol. The van der Waals surface area contributed by atoms with Gasteiger partial charge in [0.25, 0.3) is 0 Å². The van der Waals surface area contributed by atoms with Crippen molar-refractivity contribution >= 4 is 28.3 Å². The van der Waals surface area contributed by atoms with E-state index in [4.69, 9.17) is 5.41 Å². The molecule has 4 rings (SSSR count). The van der Waals surface area contributed by atoms with Crippen LogP contribution in [-0.4, -0.2) is 27.6 Å². The fraction of sp³-hybridized carbons (Fsp3) is 0.450. The van der Waals surface area contributed by atoms with Gasteiger partial charge in [-0.2, -0.15) is 0 Å². The summed E-state index contributed by atoms with van der Waals surface area (Å²) in [6.07, 6.45) is 13.1. The van der Waals surface area contributed by atoms with Gasteiger partial charge in [-0.15, -0.1) is 0 Å². The molecular formula is C20H25N5. The summed E-state index contributed by atoms with van der Waals surface area (Å²) >= 11 is 0. The van der Waals surface area contributed by atoms with Gasteiger partial charge in [-0.3, -0.25) is 5.41 Å². The quantitative estimate of drug-likeness (QED) is 0.771. The highest BCUT2D eigenvalue weighted by molar-refractivity contribution is 6.21. The van der Waals surface area contributed by atoms with Crippen LogP contribution in [0.1, 0.15) is 45.1 Å². The first kappa shape index (κ1) is 16.1. The van der Waals surface area contributed by atoms with Crippen LogP contribution in [-0.2, 0) is 0 Å². The molecule has 5 heteroatoms. The molecule has 0 radical (unpaired) electrons. The summed E-state index contributed by atoms with van der Waals surface area (Å²) in [5.41, 5.74) is 3.84. The van der Waals surface area contributed by atoms with Gasteiger partial charge in [0.05, 0.1) is 11.1 Å². The van der Waals surface area contributed by atoms with Gasteiger partial charge in [-0.1, -0.05) is 32.8 Å². The number of allylic oxidation sites excluding steroid dienone is 2. The van der Waals surface area contributed by atoms with E-state index in [0.717, 1.165) is 28.0 Å². The molecule has 25 heavy (non-hydrogen) atoms. The predicted molar refractivity (Wildman–Crippen MR) is 104 cm³/mol. The maximum atomic E-state index is 8.27. The van der Waals surface area contributed by atoms with Crippen molar-refractivity contribution in [1.82, 2.24) is 9.97 Å². The minimum atomic E-state index is 0.133. The molecule has 2 unspecified atom stereocenters. The Morgan fingerprint density at radius 3 is 2.84 bits per heavy atom. The third-order valence-electron chi connectivity index (χ3n) is 5.58. The number of amidine groups is 1. The number of pyridine rings is 1. The van der Waals surface area contributed by atoms with Crippen LogP contribution >= 0.6 is 0 Å². The predicted octanol–water partition coefficient (Wildman–Crippen LogP) is 4.53. The first-order valence-electron chi connectivity index (χ1n) is 9.22. The second kappa shape index (κ2) is 6.47. The maximum Gasteiger partial charge on any atom is 0.140 e. The van der Waals surface area contributed by atoms with E-state index in [1.807, 2.05) is 12.4 Å². The number of aliphatic imine (C=N–C) groups is 1. The van der Waals surface area contributed by atoms with Crippen LogP contribution in [0.15, 0.2) is 35.6 Å². The standard InChI is InChI=1S/C20H25N5/c1-12-7-8-16(25-19(21)13(12)2)15-11-23-20-18(15)17(9-10-22-20)24-14-5-3-4-6-14/h7-14,21H,3-6H2,1-2H3,(H2,22,23,24). The monoisotopic (exact) mass is 335 g/mol. The zero-order chi connectivity index (χ0) is 17.4. The van der Waals surface area contributed by atoms with Crippen LogP contribution in [0.25, 0.3) is 11.0 Å². The Hall–Kier alpha value is -2.43. The molecule has 2 atom stereocenters. The number of anilines is 1. The summed E-state index contributed by atoms with van der Waals surface area (Å²) < 4.78 is 0. The van der Waals surface area contributed by atoms with E-state index in [1.165, 1.54) is 25.7 Å². The van der Waals surface area contributed by atoms with Crippen molar-refractivity contribution in [2.45, 2.75) is 45.6 Å². The second-order valence-corrected chi connectivity index (χ2v) is 7.30. The fourth-order valence-electron chi connectivity index (χ4n) is 3.75. The summed E-state index contributed by atoms with van der Waals surface area (Å²) in [6.45, 7) is 4.20. The van der Waals surface area contributed by atoms with E-state index in [2.05, 4.69) is 52.3 Å². The van der Waals surface area contributed by atoms with Gasteiger partial charge in [0.1, 0.15) is 11.5 Å². The van der Waals surface area contributed by atoms with E-state index < -0.39 is 0 Å². The number of hydrogen-bond acceptors (Lipinski definition) is 3. The Morgan fingerprint density at radius 2 is 2.04 bits per heavy atom. The Kier molecular flexibility index (Phi) is 4.15. The molecule has 1 fully saturated rings. The van der Waals surface area contributed by atoms with E-state index in [0.29, 0.717) is 17.8 Å². The average Bonchev–Trinajstić information content (AvgIpc) is 3.25. The molecule has 0 saturated heterocycles. The zero-order valence-electron chi connectivity index (χ0n) is 14.8. The largest absolute Gasteiger partial charge is 0.382 e. The molecule has 0 spiro atoms. The summed E-state index contributed by atoms with van der Waals surface area (Å²) in [5.74, 6) is 0.886. The molecule has 1 saturated carbocycles. The first-order valence-corrected chi connectivity index (χ1v) is 9.22. The molecular weight excluding hydrogens is 310 g/mol.